The van der Waals surface area contributed by atoms with Gasteiger partial charge in [0.25, 0.3) is 0 Å². The van der Waals surface area contributed by atoms with Gasteiger partial charge in [-0.2, -0.15) is 5.10 Å². The molecule has 5 nitrogen and oxygen atoms in total. The zero-order valence-corrected chi connectivity index (χ0v) is 14.5. The molecule has 0 spiro atoms. The molecule has 0 saturated carbocycles. The van der Waals surface area contributed by atoms with Crippen LogP contribution in [0.15, 0.2) is 53.3 Å². The molecule has 0 atom stereocenters. The van der Waals surface area contributed by atoms with Crippen LogP contribution in [0.2, 0.25) is 5.15 Å². The van der Waals surface area contributed by atoms with Crippen molar-refractivity contribution in [3.8, 4) is 11.3 Å². The van der Waals surface area contributed by atoms with Crippen LogP contribution >= 0.6 is 11.6 Å². The molecule has 0 radical (unpaired) electrons. The van der Waals surface area contributed by atoms with Gasteiger partial charge in [0.05, 0.1) is 18.5 Å². The number of hydrogen-bond acceptors (Lipinski definition) is 4. The number of halogens is 2. The third-order valence-corrected chi connectivity index (χ3v) is 3.79. The number of ether oxygens (including phenoxy) is 1. The number of allylic oxidation sites excluding steroid dienone is 1. The van der Waals surface area contributed by atoms with Crippen molar-refractivity contribution in [1.82, 2.24) is 14.6 Å². The minimum absolute atomic E-state index is 0.297. The molecule has 0 aliphatic carbocycles. The fraction of sp³-hybridized carbons (Fsp3) is 0.167. The van der Waals surface area contributed by atoms with Gasteiger partial charge in [0.15, 0.2) is 5.65 Å². The van der Waals surface area contributed by atoms with Crippen LogP contribution in [-0.2, 0) is 11.2 Å². The van der Waals surface area contributed by atoms with Crippen molar-refractivity contribution in [3.63, 3.8) is 0 Å². The van der Waals surface area contributed by atoms with Gasteiger partial charge in [-0.05, 0) is 49.4 Å². The van der Waals surface area contributed by atoms with E-state index in [0.717, 1.165) is 11.3 Å². The highest BCUT2D eigenvalue weighted by Gasteiger charge is 2.15. The van der Waals surface area contributed by atoms with Crippen molar-refractivity contribution in [2.45, 2.75) is 13.3 Å². The summed E-state index contributed by atoms with van der Waals surface area (Å²) in [6.45, 7) is 1.81. The lowest BCUT2D eigenvalue weighted by atomic mass is 10.1. The normalized spacial score (nSPS) is 12.2. The standard InChI is InChI=1S/C18H16ClFN4O/c1-3-21-17(25-2)11-8-14-18(12-4-6-13(20)7-5-12)22-16-10-9-15(19)23-24(14)16/h3-7,9-11H,8H2,1-2H3/b17-11+,21-3-. The molecule has 128 valence electrons. The Morgan fingerprint density at radius 3 is 2.72 bits per heavy atom. The second-order valence-electron chi connectivity index (χ2n) is 5.18. The molecule has 3 rings (SSSR count). The third-order valence-electron chi connectivity index (χ3n) is 3.59. The van der Waals surface area contributed by atoms with Crippen molar-refractivity contribution >= 4 is 23.5 Å². The summed E-state index contributed by atoms with van der Waals surface area (Å²) in [5.41, 5.74) is 2.97. The van der Waals surface area contributed by atoms with Gasteiger partial charge in [-0.3, -0.25) is 0 Å². The van der Waals surface area contributed by atoms with Crippen LogP contribution in [0.25, 0.3) is 16.9 Å². The summed E-state index contributed by atoms with van der Waals surface area (Å²) in [4.78, 5) is 8.76. The van der Waals surface area contributed by atoms with Crippen LogP contribution in [0, 0.1) is 5.82 Å². The summed E-state index contributed by atoms with van der Waals surface area (Å²) in [5.74, 6) is 0.193. The summed E-state index contributed by atoms with van der Waals surface area (Å²) < 4.78 is 20.2. The minimum Gasteiger partial charge on any atom is -0.481 e. The number of nitrogens with zero attached hydrogens (tertiary/aromatic N) is 4. The fourth-order valence-electron chi connectivity index (χ4n) is 2.48. The third kappa shape index (κ3) is 3.69. The van der Waals surface area contributed by atoms with E-state index in [-0.39, 0.29) is 5.82 Å². The average molecular weight is 359 g/mol. The number of hydrogen-bond donors (Lipinski definition) is 0. The number of fused-ring (bicyclic) bond motifs is 1. The number of benzene rings is 1. The number of methoxy groups -OCH3 is 1. The van der Waals surface area contributed by atoms with Gasteiger partial charge in [0.1, 0.15) is 11.0 Å². The Kier molecular flexibility index (Phi) is 5.09. The first-order valence-electron chi connectivity index (χ1n) is 7.65. The van der Waals surface area contributed by atoms with Crippen molar-refractivity contribution in [3.05, 3.63) is 65.0 Å². The van der Waals surface area contributed by atoms with E-state index in [9.17, 15) is 4.39 Å². The van der Waals surface area contributed by atoms with Crippen LogP contribution in [-0.4, -0.2) is 27.9 Å². The molecule has 0 aliphatic heterocycles. The molecule has 25 heavy (non-hydrogen) atoms. The SMILES string of the molecule is C/C=N\C(=C/Cc1c(-c2ccc(F)cc2)nc2ccc(Cl)nn12)OC. The van der Waals surface area contributed by atoms with Crippen molar-refractivity contribution in [2.75, 3.05) is 7.11 Å². The highest BCUT2D eigenvalue weighted by Crippen LogP contribution is 2.26. The number of imidazole rings is 1. The van der Waals surface area contributed by atoms with Gasteiger partial charge in [-0.1, -0.05) is 11.6 Å². The molecule has 1 aromatic carbocycles. The van der Waals surface area contributed by atoms with Crippen LogP contribution < -0.4 is 0 Å². The van der Waals surface area contributed by atoms with E-state index < -0.39 is 0 Å². The first kappa shape index (κ1) is 17.1. The zero-order valence-electron chi connectivity index (χ0n) is 13.8. The van der Waals surface area contributed by atoms with E-state index in [0.29, 0.717) is 28.8 Å². The zero-order chi connectivity index (χ0) is 17.8. The Morgan fingerprint density at radius 2 is 2.04 bits per heavy atom. The highest BCUT2D eigenvalue weighted by atomic mass is 35.5. The van der Waals surface area contributed by atoms with Gasteiger partial charge in [-0.25, -0.2) is 18.9 Å². The predicted molar refractivity (Wildman–Crippen MR) is 96.4 cm³/mol. The molecule has 0 N–H and O–H groups in total. The number of rotatable bonds is 5. The van der Waals surface area contributed by atoms with E-state index in [4.69, 9.17) is 16.3 Å². The topological polar surface area (TPSA) is 51.8 Å². The second kappa shape index (κ2) is 7.44. The van der Waals surface area contributed by atoms with Gasteiger partial charge < -0.3 is 4.74 Å². The summed E-state index contributed by atoms with van der Waals surface area (Å²) in [7, 11) is 1.56. The predicted octanol–water partition coefficient (Wildman–Crippen LogP) is 4.31. The highest BCUT2D eigenvalue weighted by molar-refractivity contribution is 6.29. The van der Waals surface area contributed by atoms with E-state index >= 15 is 0 Å². The lowest BCUT2D eigenvalue weighted by Gasteiger charge is -2.04. The molecular formula is C18H16ClFN4O. The summed E-state index contributed by atoms with van der Waals surface area (Å²) >= 11 is 6.03. The monoisotopic (exact) mass is 358 g/mol. The minimum atomic E-state index is -0.297. The summed E-state index contributed by atoms with van der Waals surface area (Å²) in [5, 5.41) is 4.69. The largest absolute Gasteiger partial charge is 0.481 e. The van der Waals surface area contributed by atoms with Gasteiger partial charge in [0, 0.05) is 18.2 Å². The second-order valence-corrected chi connectivity index (χ2v) is 5.57. The van der Waals surface area contributed by atoms with Crippen LogP contribution in [0.4, 0.5) is 4.39 Å². The summed E-state index contributed by atoms with van der Waals surface area (Å²) in [6.07, 6.45) is 3.96. The van der Waals surface area contributed by atoms with Crippen molar-refractivity contribution in [1.29, 1.82) is 0 Å². The number of aliphatic imine (C=N–C) groups is 1. The van der Waals surface area contributed by atoms with Crippen LogP contribution in [0.5, 0.6) is 0 Å². The first-order chi connectivity index (χ1) is 12.1. The van der Waals surface area contributed by atoms with Crippen LogP contribution in [0.1, 0.15) is 12.6 Å². The van der Waals surface area contributed by atoms with E-state index in [1.807, 2.05) is 13.0 Å². The van der Waals surface area contributed by atoms with E-state index in [1.165, 1.54) is 12.1 Å². The molecule has 0 fully saturated rings. The number of aromatic nitrogens is 3. The molecular weight excluding hydrogens is 343 g/mol. The molecule has 2 heterocycles. The quantitative estimate of drug-likeness (QED) is 0.504. The Labute approximate surface area is 149 Å². The molecule has 2 aromatic heterocycles. The average Bonchev–Trinajstić information content (AvgIpc) is 2.97. The van der Waals surface area contributed by atoms with Crippen LogP contribution in [0.3, 0.4) is 0 Å². The fourth-order valence-corrected chi connectivity index (χ4v) is 2.62. The molecule has 7 heteroatoms. The lowest BCUT2D eigenvalue weighted by Crippen LogP contribution is -1.99. The Morgan fingerprint density at radius 1 is 1.28 bits per heavy atom. The molecule has 0 saturated heterocycles. The molecule has 3 aromatic rings. The Balaban J connectivity index is 2.14. The van der Waals surface area contributed by atoms with E-state index in [2.05, 4.69) is 15.1 Å². The molecule has 0 unspecified atom stereocenters. The van der Waals surface area contributed by atoms with E-state index in [1.54, 1.807) is 42.1 Å². The summed E-state index contributed by atoms with van der Waals surface area (Å²) in [6, 6.07) is 9.65. The maximum Gasteiger partial charge on any atom is 0.208 e. The Bertz CT molecular complexity index is 948. The lowest BCUT2D eigenvalue weighted by molar-refractivity contribution is 0.287. The van der Waals surface area contributed by atoms with Gasteiger partial charge >= 0.3 is 0 Å². The maximum atomic E-state index is 13.2. The molecule has 0 amide bonds. The smallest absolute Gasteiger partial charge is 0.208 e. The Hall–Kier alpha value is -2.73. The van der Waals surface area contributed by atoms with Crippen molar-refractivity contribution in [2.24, 2.45) is 4.99 Å². The molecule has 0 bridgehead atoms. The van der Waals surface area contributed by atoms with Crippen molar-refractivity contribution < 1.29 is 9.13 Å². The first-order valence-corrected chi connectivity index (χ1v) is 8.03. The van der Waals surface area contributed by atoms with Gasteiger partial charge in [0.2, 0.25) is 5.88 Å². The molecule has 0 aliphatic rings. The van der Waals surface area contributed by atoms with Gasteiger partial charge in [-0.15, -0.1) is 0 Å². The maximum absolute atomic E-state index is 13.2.